The van der Waals surface area contributed by atoms with E-state index in [1.165, 1.54) is 0 Å². The van der Waals surface area contributed by atoms with Crippen molar-refractivity contribution in [2.24, 2.45) is 0 Å². The lowest BCUT2D eigenvalue weighted by Gasteiger charge is -2.10. The monoisotopic (exact) mass is 295 g/mol. The van der Waals surface area contributed by atoms with Gasteiger partial charge < -0.3 is 9.73 Å². The minimum atomic E-state index is -0.147. The molecule has 1 N–H and O–H groups in total. The van der Waals surface area contributed by atoms with Crippen LogP contribution in [0.25, 0.3) is 5.69 Å². The van der Waals surface area contributed by atoms with Crippen molar-refractivity contribution in [1.29, 1.82) is 0 Å². The third-order valence-corrected chi connectivity index (χ3v) is 3.37. The van der Waals surface area contributed by atoms with Crippen LogP contribution >= 0.6 is 0 Å². The minimum Gasteiger partial charge on any atom is -0.467 e. The van der Waals surface area contributed by atoms with Crippen LogP contribution in [0.1, 0.15) is 24.3 Å². The van der Waals surface area contributed by atoms with Gasteiger partial charge in [0.05, 0.1) is 30.6 Å². The van der Waals surface area contributed by atoms with E-state index in [9.17, 15) is 4.79 Å². The summed E-state index contributed by atoms with van der Waals surface area (Å²) in [6.07, 6.45) is 5.47. The number of aromatic nitrogens is 2. The molecule has 0 saturated heterocycles. The number of carbonyl (C=O) groups excluding carboxylic acids is 1. The summed E-state index contributed by atoms with van der Waals surface area (Å²) in [5.41, 5.74) is 1.84. The fourth-order valence-corrected chi connectivity index (χ4v) is 2.26. The number of benzene rings is 1. The van der Waals surface area contributed by atoms with E-state index in [-0.39, 0.29) is 18.4 Å². The second kappa shape index (κ2) is 6.30. The van der Waals surface area contributed by atoms with Gasteiger partial charge >= 0.3 is 0 Å². The van der Waals surface area contributed by atoms with E-state index in [4.69, 9.17) is 4.42 Å². The smallest absolute Gasteiger partial charge is 0.225 e. The summed E-state index contributed by atoms with van der Waals surface area (Å²) in [5.74, 6) is 0.685. The number of rotatable bonds is 5. The van der Waals surface area contributed by atoms with E-state index in [0.717, 1.165) is 17.0 Å². The second-order valence-corrected chi connectivity index (χ2v) is 5.11. The quantitative estimate of drug-likeness (QED) is 0.787. The zero-order valence-corrected chi connectivity index (χ0v) is 12.3. The highest BCUT2D eigenvalue weighted by Gasteiger charge is 2.13. The van der Waals surface area contributed by atoms with Gasteiger partial charge in [-0.15, -0.1) is 0 Å². The number of carbonyl (C=O) groups is 1. The van der Waals surface area contributed by atoms with E-state index in [2.05, 4.69) is 10.4 Å². The Labute approximate surface area is 128 Å². The van der Waals surface area contributed by atoms with E-state index >= 15 is 0 Å². The molecule has 0 fully saturated rings. The number of hydrogen-bond donors (Lipinski definition) is 1. The molecule has 0 aliphatic rings. The van der Waals surface area contributed by atoms with E-state index < -0.39 is 0 Å². The third kappa shape index (κ3) is 3.25. The molecular weight excluding hydrogens is 278 g/mol. The minimum absolute atomic E-state index is 0.0588. The predicted octanol–water partition coefficient (Wildman–Crippen LogP) is 2.89. The Morgan fingerprint density at radius 1 is 1.27 bits per heavy atom. The van der Waals surface area contributed by atoms with Crippen LogP contribution < -0.4 is 5.32 Å². The molecule has 1 amide bonds. The van der Waals surface area contributed by atoms with Gasteiger partial charge in [-0.2, -0.15) is 5.10 Å². The molecule has 22 heavy (non-hydrogen) atoms. The molecule has 3 rings (SSSR count). The maximum absolute atomic E-state index is 12.1. The Morgan fingerprint density at radius 2 is 2.09 bits per heavy atom. The molecular formula is C17H17N3O2. The van der Waals surface area contributed by atoms with E-state index in [1.54, 1.807) is 17.1 Å². The molecule has 0 spiro atoms. The number of amides is 1. The van der Waals surface area contributed by atoms with Gasteiger partial charge in [0.2, 0.25) is 5.91 Å². The van der Waals surface area contributed by atoms with Crippen molar-refractivity contribution in [2.45, 2.75) is 19.4 Å². The highest BCUT2D eigenvalue weighted by molar-refractivity contribution is 5.78. The summed E-state index contributed by atoms with van der Waals surface area (Å²) < 4.78 is 7.04. The molecule has 5 nitrogen and oxygen atoms in total. The number of furan rings is 1. The van der Waals surface area contributed by atoms with Gasteiger partial charge in [0.15, 0.2) is 0 Å². The van der Waals surface area contributed by atoms with E-state index in [0.29, 0.717) is 0 Å². The fraction of sp³-hybridized carbons (Fsp3) is 0.176. The molecule has 0 aliphatic carbocycles. The Morgan fingerprint density at radius 3 is 2.82 bits per heavy atom. The van der Waals surface area contributed by atoms with Gasteiger partial charge in [0.1, 0.15) is 5.76 Å². The van der Waals surface area contributed by atoms with Crippen molar-refractivity contribution >= 4 is 5.91 Å². The van der Waals surface area contributed by atoms with Crippen LogP contribution in [0.3, 0.4) is 0 Å². The topological polar surface area (TPSA) is 60.1 Å². The Bertz CT molecular complexity index is 732. The maximum atomic E-state index is 12.1. The first-order chi connectivity index (χ1) is 10.7. The molecule has 2 aromatic heterocycles. The van der Waals surface area contributed by atoms with Gasteiger partial charge in [-0.25, -0.2) is 4.68 Å². The number of nitrogens with zero attached hydrogens (tertiary/aromatic N) is 2. The average Bonchev–Trinajstić information content (AvgIpc) is 3.19. The molecule has 0 aliphatic heterocycles. The number of para-hydroxylation sites is 1. The molecule has 1 atom stereocenters. The van der Waals surface area contributed by atoms with Crippen LogP contribution in [0.4, 0.5) is 0 Å². The zero-order chi connectivity index (χ0) is 15.4. The van der Waals surface area contributed by atoms with Crippen LogP contribution in [0.2, 0.25) is 0 Å². The Kier molecular flexibility index (Phi) is 4.05. The van der Waals surface area contributed by atoms with Crippen molar-refractivity contribution in [3.8, 4) is 5.69 Å². The third-order valence-electron chi connectivity index (χ3n) is 3.37. The molecule has 0 radical (unpaired) electrons. The standard InChI is InChI=1S/C17H17N3O2/c1-13(16-8-5-9-22-16)19-17(21)10-14-11-18-20(12-14)15-6-3-2-4-7-15/h2-9,11-13H,10H2,1H3,(H,19,21). The Balaban J connectivity index is 1.62. The van der Waals surface area contributed by atoms with Crippen molar-refractivity contribution < 1.29 is 9.21 Å². The summed E-state index contributed by atoms with van der Waals surface area (Å²) >= 11 is 0. The van der Waals surface area contributed by atoms with Crippen LogP contribution in [-0.2, 0) is 11.2 Å². The largest absolute Gasteiger partial charge is 0.467 e. The van der Waals surface area contributed by atoms with Crippen LogP contribution in [-0.4, -0.2) is 15.7 Å². The molecule has 3 aromatic rings. The second-order valence-electron chi connectivity index (χ2n) is 5.11. The van der Waals surface area contributed by atoms with Gasteiger partial charge in [0.25, 0.3) is 0 Å². The molecule has 1 aromatic carbocycles. The molecule has 0 bridgehead atoms. The summed E-state index contributed by atoms with van der Waals surface area (Å²) in [5, 5.41) is 7.20. The van der Waals surface area contributed by atoms with Gasteiger partial charge in [-0.05, 0) is 36.8 Å². The first kappa shape index (κ1) is 14.1. The lowest BCUT2D eigenvalue weighted by atomic mass is 10.2. The normalized spacial score (nSPS) is 12.0. The average molecular weight is 295 g/mol. The molecule has 0 saturated carbocycles. The first-order valence-electron chi connectivity index (χ1n) is 7.14. The van der Waals surface area contributed by atoms with Crippen molar-refractivity contribution in [1.82, 2.24) is 15.1 Å². The zero-order valence-electron chi connectivity index (χ0n) is 12.3. The van der Waals surface area contributed by atoms with Crippen molar-refractivity contribution in [3.05, 3.63) is 72.4 Å². The van der Waals surface area contributed by atoms with Crippen molar-refractivity contribution in [2.75, 3.05) is 0 Å². The summed E-state index contributed by atoms with van der Waals surface area (Å²) in [7, 11) is 0. The van der Waals surface area contributed by atoms with Gasteiger partial charge in [-0.3, -0.25) is 4.79 Å². The SMILES string of the molecule is CC(NC(=O)Cc1cnn(-c2ccccc2)c1)c1ccco1. The first-order valence-corrected chi connectivity index (χ1v) is 7.14. The van der Waals surface area contributed by atoms with Crippen LogP contribution in [0, 0.1) is 0 Å². The molecule has 112 valence electrons. The predicted molar refractivity (Wildman–Crippen MR) is 82.5 cm³/mol. The van der Waals surface area contributed by atoms with Crippen LogP contribution in [0.15, 0.2) is 65.5 Å². The maximum Gasteiger partial charge on any atom is 0.225 e. The number of nitrogens with one attached hydrogen (secondary N) is 1. The highest BCUT2D eigenvalue weighted by Crippen LogP contribution is 2.13. The lowest BCUT2D eigenvalue weighted by molar-refractivity contribution is -0.121. The molecule has 2 heterocycles. The lowest BCUT2D eigenvalue weighted by Crippen LogP contribution is -2.27. The Hall–Kier alpha value is -2.82. The van der Waals surface area contributed by atoms with Crippen molar-refractivity contribution in [3.63, 3.8) is 0 Å². The summed E-state index contributed by atoms with van der Waals surface area (Å²) in [4.78, 5) is 12.1. The van der Waals surface area contributed by atoms with E-state index in [1.807, 2.05) is 55.6 Å². The van der Waals surface area contributed by atoms with Crippen LogP contribution in [0.5, 0.6) is 0 Å². The highest BCUT2D eigenvalue weighted by atomic mass is 16.3. The molecule has 1 unspecified atom stereocenters. The van der Waals surface area contributed by atoms with Gasteiger partial charge in [-0.1, -0.05) is 18.2 Å². The van der Waals surface area contributed by atoms with Gasteiger partial charge in [0, 0.05) is 6.20 Å². The summed E-state index contributed by atoms with van der Waals surface area (Å²) in [6, 6.07) is 13.3. The fourth-order valence-electron chi connectivity index (χ4n) is 2.26. The summed E-state index contributed by atoms with van der Waals surface area (Å²) in [6.45, 7) is 1.89. The molecule has 5 heteroatoms. The number of hydrogen-bond acceptors (Lipinski definition) is 3.